The van der Waals surface area contributed by atoms with Crippen LogP contribution in [0.1, 0.15) is 10.6 Å². The van der Waals surface area contributed by atoms with Gasteiger partial charge in [0.1, 0.15) is 0 Å². The zero-order chi connectivity index (χ0) is 20.1. The summed E-state index contributed by atoms with van der Waals surface area (Å²) in [4.78, 5) is 29.6. The van der Waals surface area contributed by atoms with Crippen molar-refractivity contribution in [2.45, 2.75) is 12.8 Å². The second-order valence-electron chi connectivity index (χ2n) is 6.15. The fourth-order valence-corrected chi connectivity index (χ4v) is 4.08. The van der Waals surface area contributed by atoms with Crippen molar-refractivity contribution in [3.8, 4) is 5.69 Å². The molecule has 146 valence electrons. The Bertz CT molecular complexity index is 1100. The van der Waals surface area contributed by atoms with Crippen LogP contribution < -0.4 is 10.6 Å². The maximum absolute atomic E-state index is 12.3. The number of benzene rings is 1. The number of rotatable bonds is 7. The van der Waals surface area contributed by atoms with Crippen LogP contribution in [-0.4, -0.2) is 26.6 Å². The quantitative estimate of drug-likeness (QED) is 0.474. The second kappa shape index (κ2) is 8.80. The molecular formula is C20H17N5O2S2. The molecule has 29 heavy (non-hydrogen) atoms. The molecule has 3 heterocycles. The Morgan fingerprint density at radius 2 is 1.76 bits per heavy atom. The molecule has 3 aromatic heterocycles. The number of nitrogens with one attached hydrogen (secondary N) is 2. The number of carbonyl (C=O) groups excluding carboxylic acids is 2. The summed E-state index contributed by atoms with van der Waals surface area (Å²) in [5.74, 6) is 0.132. The minimum Gasteiger partial charge on any atom is -0.309 e. The molecule has 1 aromatic carbocycles. The highest BCUT2D eigenvalue weighted by Crippen LogP contribution is 2.18. The Morgan fingerprint density at radius 3 is 2.55 bits per heavy atom. The van der Waals surface area contributed by atoms with Gasteiger partial charge in [-0.05, 0) is 23.6 Å². The van der Waals surface area contributed by atoms with E-state index >= 15 is 0 Å². The topological polar surface area (TPSA) is 88.9 Å². The molecule has 0 aliphatic heterocycles. The predicted molar refractivity (Wildman–Crippen MR) is 115 cm³/mol. The lowest BCUT2D eigenvalue weighted by molar-refractivity contribution is -0.116. The molecule has 4 rings (SSSR count). The number of carbonyl (C=O) groups is 2. The molecule has 0 aliphatic rings. The summed E-state index contributed by atoms with van der Waals surface area (Å²) in [5, 5.41) is 14.1. The molecule has 0 spiro atoms. The minimum absolute atomic E-state index is 0.107. The van der Waals surface area contributed by atoms with E-state index in [1.807, 2.05) is 47.8 Å². The van der Waals surface area contributed by atoms with Crippen LogP contribution in [0.15, 0.2) is 65.5 Å². The molecule has 0 aliphatic carbocycles. The number of hydrogen-bond acceptors (Lipinski definition) is 6. The van der Waals surface area contributed by atoms with Crippen molar-refractivity contribution in [3.05, 3.63) is 76.1 Å². The van der Waals surface area contributed by atoms with Gasteiger partial charge in [-0.25, -0.2) is 9.67 Å². The average molecular weight is 424 g/mol. The number of thiazole rings is 1. The van der Waals surface area contributed by atoms with Crippen molar-refractivity contribution in [2.75, 3.05) is 10.6 Å². The zero-order valence-electron chi connectivity index (χ0n) is 15.2. The Balaban J connectivity index is 1.30. The zero-order valence-corrected chi connectivity index (χ0v) is 16.9. The molecule has 0 saturated heterocycles. The van der Waals surface area contributed by atoms with Crippen LogP contribution in [0.2, 0.25) is 0 Å². The van der Waals surface area contributed by atoms with Gasteiger partial charge in [-0.2, -0.15) is 5.10 Å². The maximum Gasteiger partial charge on any atom is 0.231 e. The van der Waals surface area contributed by atoms with Crippen molar-refractivity contribution in [1.82, 2.24) is 14.8 Å². The molecule has 7 nitrogen and oxygen atoms in total. The lowest BCUT2D eigenvalue weighted by atomic mass is 10.3. The van der Waals surface area contributed by atoms with Gasteiger partial charge >= 0.3 is 0 Å². The number of aromatic nitrogens is 3. The molecule has 0 fully saturated rings. The molecule has 2 amide bonds. The van der Waals surface area contributed by atoms with Gasteiger partial charge in [-0.15, -0.1) is 22.7 Å². The summed E-state index contributed by atoms with van der Waals surface area (Å²) >= 11 is 2.84. The summed E-state index contributed by atoms with van der Waals surface area (Å²) in [5.41, 5.74) is 1.51. The molecular weight excluding hydrogens is 406 g/mol. The van der Waals surface area contributed by atoms with Crippen molar-refractivity contribution in [2.24, 2.45) is 0 Å². The first-order valence-electron chi connectivity index (χ1n) is 8.83. The molecule has 0 radical (unpaired) electrons. The van der Waals surface area contributed by atoms with Crippen LogP contribution in [0, 0.1) is 0 Å². The van der Waals surface area contributed by atoms with Crippen LogP contribution >= 0.6 is 22.7 Å². The SMILES string of the molecule is O=C(Cc1csc(NC(=O)Cc2cccs2)n1)Nc1ccn(-c2ccccc2)n1. The molecule has 4 aromatic rings. The highest BCUT2D eigenvalue weighted by molar-refractivity contribution is 7.14. The van der Waals surface area contributed by atoms with Crippen LogP contribution in [-0.2, 0) is 22.4 Å². The summed E-state index contributed by atoms with van der Waals surface area (Å²) < 4.78 is 1.69. The Labute approximate surface area is 175 Å². The van der Waals surface area contributed by atoms with E-state index in [1.54, 1.807) is 22.3 Å². The number of anilines is 2. The van der Waals surface area contributed by atoms with E-state index in [1.165, 1.54) is 22.7 Å². The fraction of sp³-hybridized carbons (Fsp3) is 0.100. The van der Waals surface area contributed by atoms with E-state index in [0.717, 1.165) is 10.6 Å². The molecule has 0 bridgehead atoms. The van der Waals surface area contributed by atoms with Gasteiger partial charge in [0.15, 0.2) is 10.9 Å². The highest BCUT2D eigenvalue weighted by atomic mass is 32.1. The average Bonchev–Trinajstić information content (AvgIpc) is 3.46. The summed E-state index contributed by atoms with van der Waals surface area (Å²) in [6, 6.07) is 15.2. The standard InChI is InChI=1S/C20H17N5O2S2/c26-18(22-17-8-9-25(24-17)15-5-2-1-3-6-15)11-14-13-29-20(21-14)23-19(27)12-16-7-4-10-28-16/h1-10,13H,11-12H2,(H,21,23,27)(H,22,24,26). The van der Waals surface area contributed by atoms with Gasteiger partial charge in [0.25, 0.3) is 0 Å². The third-order valence-electron chi connectivity index (χ3n) is 3.93. The molecule has 0 unspecified atom stereocenters. The van der Waals surface area contributed by atoms with Gasteiger partial charge in [0.05, 0.1) is 24.2 Å². The smallest absolute Gasteiger partial charge is 0.231 e. The van der Waals surface area contributed by atoms with E-state index in [2.05, 4.69) is 20.7 Å². The van der Waals surface area contributed by atoms with Crippen molar-refractivity contribution in [3.63, 3.8) is 0 Å². The Kier molecular flexibility index (Phi) is 5.78. The Hall–Kier alpha value is -3.30. The first-order chi connectivity index (χ1) is 14.2. The normalized spacial score (nSPS) is 10.6. The van der Waals surface area contributed by atoms with Crippen LogP contribution in [0.25, 0.3) is 5.69 Å². The van der Waals surface area contributed by atoms with Crippen LogP contribution in [0.3, 0.4) is 0 Å². The molecule has 2 N–H and O–H groups in total. The van der Waals surface area contributed by atoms with Gasteiger partial charge in [-0.1, -0.05) is 24.3 Å². The first-order valence-corrected chi connectivity index (χ1v) is 10.6. The van der Waals surface area contributed by atoms with E-state index in [4.69, 9.17) is 0 Å². The minimum atomic E-state index is -0.218. The second-order valence-corrected chi connectivity index (χ2v) is 8.04. The lowest BCUT2D eigenvalue weighted by Crippen LogP contribution is -2.16. The monoisotopic (exact) mass is 423 g/mol. The summed E-state index contributed by atoms with van der Waals surface area (Å²) in [6.45, 7) is 0. The maximum atomic E-state index is 12.3. The third kappa shape index (κ3) is 5.15. The van der Waals surface area contributed by atoms with Crippen molar-refractivity contribution >= 4 is 45.4 Å². The van der Waals surface area contributed by atoms with Gasteiger partial charge < -0.3 is 10.6 Å². The molecule has 9 heteroatoms. The van der Waals surface area contributed by atoms with E-state index in [0.29, 0.717) is 23.1 Å². The number of nitrogens with zero attached hydrogens (tertiary/aromatic N) is 3. The number of amides is 2. The number of para-hydroxylation sites is 1. The van der Waals surface area contributed by atoms with Gasteiger partial charge in [-0.3, -0.25) is 9.59 Å². The van der Waals surface area contributed by atoms with Crippen LogP contribution in [0.5, 0.6) is 0 Å². The highest BCUT2D eigenvalue weighted by Gasteiger charge is 2.12. The van der Waals surface area contributed by atoms with Gasteiger partial charge in [0.2, 0.25) is 11.8 Å². The summed E-state index contributed by atoms with van der Waals surface area (Å²) in [7, 11) is 0. The fourth-order valence-electron chi connectivity index (χ4n) is 2.65. The lowest BCUT2D eigenvalue weighted by Gasteiger charge is -2.02. The van der Waals surface area contributed by atoms with E-state index in [9.17, 15) is 9.59 Å². The molecule has 0 saturated carbocycles. The number of thiophene rings is 1. The first kappa shape index (κ1) is 19.0. The van der Waals surface area contributed by atoms with Crippen molar-refractivity contribution < 1.29 is 9.59 Å². The molecule has 0 atom stereocenters. The predicted octanol–water partition coefficient (Wildman–Crippen LogP) is 3.75. The third-order valence-corrected chi connectivity index (χ3v) is 5.61. The largest absolute Gasteiger partial charge is 0.309 e. The van der Waals surface area contributed by atoms with E-state index < -0.39 is 0 Å². The van der Waals surface area contributed by atoms with Gasteiger partial charge in [0, 0.05) is 22.5 Å². The summed E-state index contributed by atoms with van der Waals surface area (Å²) in [6.07, 6.45) is 2.21. The van der Waals surface area contributed by atoms with Crippen LogP contribution in [0.4, 0.5) is 10.9 Å². The van der Waals surface area contributed by atoms with E-state index in [-0.39, 0.29) is 18.2 Å². The Morgan fingerprint density at radius 1 is 0.931 bits per heavy atom. The number of hydrogen-bond donors (Lipinski definition) is 2. The van der Waals surface area contributed by atoms with Crippen molar-refractivity contribution in [1.29, 1.82) is 0 Å².